The zero-order chi connectivity index (χ0) is 11.7. The van der Waals surface area contributed by atoms with Gasteiger partial charge in [-0.2, -0.15) is 0 Å². The van der Waals surface area contributed by atoms with E-state index < -0.39 is 0 Å². The van der Waals surface area contributed by atoms with Crippen molar-refractivity contribution in [2.24, 2.45) is 0 Å². The molecule has 0 amide bonds. The lowest BCUT2D eigenvalue weighted by Gasteiger charge is -2.05. The van der Waals surface area contributed by atoms with Gasteiger partial charge in [0.25, 0.3) is 0 Å². The standard InChI is InChI=1S/C12H12N2O2S/c1-8-14-10(6-17-8)5-13-9-2-3-11-12(4-9)16-7-15-11/h2-4,6,13H,5,7H2,1H3. The van der Waals surface area contributed by atoms with Gasteiger partial charge in [0.1, 0.15) is 0 Å². The van der Waals surface area contributed by atoms with Gasteiger partial charge in [0, 0.05) is 17.1 Å². The lowest BCUT2D eigenvalue weighted by Crippen LogP contribution is -1.99. The minimum absolute atomic E-state index is 0.310. The van der Waals surface area contributed by atoms with Gasteiger partial charge in [-0.25, -0.2) is 4.98 Å². The number of ether oxygens (including phenoxy) is 2. The van der Waals surface area contributed by atoms with Gasteiger partial charge in [0.05, 0.1) is 17.2 Å². The van der Waals surface area contributed by atoms with Crippen LogP contribution < -0.4 is 14.8 Å². The summed E-state index contributed by atoms with van der Waals surface area (Å²) in [4.78, 5) is 4.40. The average molecular weight is 248 g/mol. The summed E-state index contributed by atoms with van der Waals surface area (Å²) in [6, 6.07) is 5.84. The molecule has 4 nitrogen and oxygen atoms in total. The molecule has 5 heteroatoms. The Morgan fingerprint density at radius 3 is 3.06 bits per heavy atom. The Bertz CT molecular complexity index is 539. The normalized spacial score (nSPS) is 12.8. The SMILES string of the molecule is Cc1nc(CNc2ccc3c(c2)OCO3)cs1. The van der Waals surface area contributed by atoms with E-state index in [1.165, 1.54) is 0 Å². The van der Waals surface area contributed by atoms with Crippen LogP contribution in [0, 0.1) is 6.92 Å². The van der Waals surface area contributed by atoms with Crippen molar-refractivity contribution in [3.05, 3.63) is 34.3 Å². The Balaban J connectivity index is 1.69. The van der Waals surface area contributed by atoms with Crippen molar-refractivity contribution < 1.29 is 9.47 Å². The molecule has 0 bridgehead atoms. The Morgan fingerprint density at radius 2 is 2.24 bits per heavy atom. The van der Waals surface area contributed by atoms with E-state index in [0.717, 1.165) is 34.4 Å². The second-order valence-corrected chi connectivity index (χ2v) is 4.84. The van der Waals surface area contributed by atoms with Crippen LogP contribution in [-0.4, -0.2) is 11.8 Å². The first kappa shape index (κ1) is 10.4. The molecule has 88 valence electrons. The second-order valence-electron chi connectivity index (χ2n) is 3.78. The largest absolute Gasteiger partial charge is 0.454 e. The summed E-state index contributed by atoms with van der Waals surface area (Å²) < 4.78 is 10.6. The third kappa shape index (κ3) is 2.19. The summed E-state index contributed by atoms with van der Waals surface area (Å²) in [5.74, 6) is 1.60. The Labute approximate surface area is 103 Å². The van der Waals surface area contributed by atoms with Crippen LogP contribution in [0.4, 0.5) is 5.69 Å². The number of anilines is 1. The van der Waals surface area contributed by atoms with Crippen molar-refractivity contribution in [1.29, 1.82) is 0 Å². The summed E-state index contributed by atoms with van der Waals surface area (Å²) in [7, 11) is 0. The second kappa shape index (κ2) is 4.25. The van der Waals surface area contributed by atoms with Gasteiger partial charge >= 0.3 is 0 Å². The van der Waals surface area contributed by atoms with Gasteiger partial charge in [-0.05, 0) is 19.1 Å². The molecule has 1 aromatic heterocycles. The molecule has 0 spiro atoms. The van der Waals surface area contributed by atoms with E-state index in [1.807, 2.05) is 25.1 Å². The number of fused-ring (bicyclic) bond motifs is 1. The fourth-order valence-electron chi connectivity index (χ4n) is 1.69. The summed E-state index contributed by atoms with van der Waals surface area (Å²) in [5.41, 5.74) is 2.07. The highest BCUT2D eigenvalue weighted by atomic mass is 32.1. The predicted molar refractivity (Wildman–Crippen MR) is 66.7 cm³/mol. The predicted octanol–water partition coefficient (Wildman–Crippen LogP) is 2.79. The van der Waals surface area contributed by atoms with Crippen LogP contribution in [0.25, 0.3) is 0 Å². The maximum atomic E-state index is 5.32. The monoisotopic (exact) mass is 248 g/mol. The van der Waals surface area contributed by atoms with Crippen molar-refractivity contribution in [2.75, 3.05) is 12.1 Å². The first-order valence-corrected chi connectivity index (χ1v) is 6.24. The number of benzene rings is 1. The number of hydrogen-bond acceptors (Lipinski definition) is 5. The summed E-state index contributed by atoms with van der Waals surface area (Å²) >= 11 is 1.66. The zero-order valence-corrected chi connectivity index (χ0v) is 10.2. The number of nitrogens with zero attached hydrogens (tertiary/aromatic N) is 1. The molecule has 17 heavy (non-hydrogen) atoms. The van der Waals surface area contributed by atoms with Crippen LogP contribution in [0.1, 0.15) is 10.7 Å². The molecule has 0 aliphatic carbocycles. The van der Waals surface area contributed by atoms with Crippen LogP contribution in [0.5, 0.6) is 11.5 Å². The van der Waals surface area contributed by atoms with E-state index in [0.29, 0.717) is 6.79 Å². The van der Waals surface area contributed by atoms with Crippen LogP contribution in [0.3, 0.4) is 0 Å². The van der Waals surface area contributed by atoms with Crippen LogP contribution in [-0.2, 0) is 6.54 Å². The van der Waals surface area contributed by atoms with Crippen LogP contribution in [0.15, 0.2) is 23.6 Å². The van der Waals surface area contributed by atoms with Crippen LogP contribution >= 0.6 is 11.3 Å². The zero-order valence-electron chi connectivity index (χ0n) is 9.40. The molecule has 2 aromatic rings. The van der Waals surface area contributed by atoms with Gasteiger partial charge < -0.3 is 14.8 Å². The molecule has 0 atom stereocenters. The summed E-state index contributed by atoms with van der Waals surface area (Å²) in [6.07, 6.45) is 0. The van der Waals surface area contributed by atoms with Gasteiger partial charge in [-0.1, -0.05) is 0 Å². The Kier molecular flexibility index (Phi) is 2.60. The highest BCUT2D eigenvalue weighted by Gasteiger charge is 2.12. The smallest absolute Gasteiger partial charge is 0.231 e. The number of thiazole rings is 1. The van der Waals surface area contributed by atoms with Gasteiger partial charge in [0.15, 0.2) is 11.5 Å². The number of nitrogens with one attached hydrogen (secondary N) is 1. The number of aromatic nitrogens is 1. The Hall–Kier alpha value is -1.75. The molecule has 1 aliphatic heterocycles. The van der Waals surface area contributed by atoms with Gasteiger partial charge in [0.2, 0.25) is 6.79 Å². The fraction of sp³-hybridized carbons (Fsp3) is 0.250. The van der Waals surface area contributed by atoms with Crippen molar-refractivity contribution in [2.45, 2.75) is 13.5 Å². The lowest BCUT2D eigenvalue weighted by atomic mass is 10.2. The molecule has 1 aromatic carbocycles. The van der Waals surface area contributed by atoms with E-state index in [2.05, 4.69) is 15.7 Å². The molecule has 0 radical (unpaired) electrons. The van der Waals surface area contributed by atoms with Gasteiger partial charge in [-0.3, -0.25) is 0 Å². The molecule has 1 aliphatic rings. The highest BCUT2D eigenvalue weighted by molar-refractivity contribution is 7.09. The summed E-state index contributed by atoms with van der Waals surface area (Å²) in [6.45, 7) is 3.04. The fourth-order valence-corrected chi connectivity index (χ4v) is 2.30. The van der Waals surface area contributed by atoms with Crippen molar-refractivity contribution in [3.63, 3.8) is 0 Å². The molecule has 0 unspecified atom stereocenters. The lowest BCUT2D eigenvalue weighted by molar-refractivity contribution is 0.174. The van der Waals surface area contributed by atoms with E-state index in [-0.39, 0.29) is 0 Å². The first-order chi connectivity index (χ1) is 8.31. The third-order valence-electron chi connectivity index (χ3n) is 2.51. The van der Waals surface area contributed by atoms with Crippen LogP contribution in [0.2, 0.25) is 0 Å². The van der Waals surface area contributed by atoms with Crippen molar-refractivity contribution >= 4 is 17.0 Å². The molecular formula is C12H12N2O2S. The molecule has 0 saturated heterocycles. The third-order valence-corrected chi connectivity index (χ3v) is 3.34. The highest BCUT2D eigenvalue weighted by Crippen LogP contribution is 2.34. The van der Waals surface area contributed by atoms with Crippen molar-refractivity contribution in [3.8, 4) is 11.5 Å². The number of hydrogen-bond donors (Lipinski definition) is 1. The maximum absolute atomic E-state index is 5.32. The topological polar surface area (TPSA) is 43.4 Å². The Morgan fingerprint density at radius 1 is 1.35 bits per heavy atom. The minimum Gasteiger partial charge on any atom is -0.454 e. The molecule has 1 N–H and O–H groups in total. The quantitative estimate of drug-likeness (QED) is 0.907. The first-order valence-electron chi connectivity index (χ1n) is 5.36. The average Bonchev–Trinajstić information content (AvgIpc) is 2.94. The number of rotatable bonds is 3. The minimum atomic E-state index is 0.310. The maximum Gasteiger partial charge on any atom is 0.231 e. The molecule has 0 fully saturated rings. The van der Waals surface area contributed by atoms with E-state index in [4.69, 9.17) is 9.47 Å². The summed E-state index contributed by atoms with van der Waals surface area (Å²) in [5, 5.41) is 6.47. The van der Waals surface area contributed by atoms with Crippen molar-refractivity contribution in [1.82, 2.24) is 4.98 Å². The van der Waals surface area contributed by atoms with E-state index in [1.54, 1.807) is 11.3 Å². The molecular weight excluding hydrogens is 236 g/mol. The number of aryl methyl sites for hydroxylation is 1. The van der Waals surface area contributed by atoms with E-state index in [9.17, 15) is 0 Å². The van der Waals surface area contributed by atoms with Gasteiger partial charge in [-0.15, -0.1) is 11.3 Å². The molecule has 2 heterocycles. The molecule has 0 saturated carbocycles. The molecule has 3 rings (SSSR count). The van der Waals surface area contributed by atoms with E-state index >= 15 is 0 Å².